The number of hydrogen-bond donors (Lipinski definition) is 1. The summed E-state index contributed by atoms with van der Waals surface area (Å²) in [5.41, 5.74) is 5.93. The Kier molecular flexibility index (Phi) is 3.61. The quantitative estimate of drug-likeness (QED) is 0.813. The van der Waals surface area contributed by atoms with E-state index in [1.807, 2.05) is 12.4 Å². The molecule has 4 nitrogen and oxygen atoms in total. The van der Waals surface area contributed by atoms with E-state index in [1.54, 1.807) is 0 Å². The molecule has 1 aromatic heterocycles. The Morgan fingerprint density at radius 3 is 3.00 bits per heavy atom. The van der Waals surface area contributed by atoms with Crippen molar-refractivity contribution in [2.45, 2.75) is 25.8 Å². The Balaban J connectivity index is 1.78. The summed E-state index contributed by atoms with van der Waals surface area (Å²) in [7, 11) is 2.05. The lowest BCUT2D eigenvalue weighted by atomic mass is 10.0. The van der Waals surface area contributed by atoms with Crippen LogP contribution in [0.1, 0.15) is 19.2 Å². The molecule has 1 aliphatic heterocycles. The predicted octanol–water partition coefficient (Wildman–Crippen LogP) is 0.632. The van der Waals surface area contributed by atoms with Crippen LogP contribution in [0.3, 0.4) is 0 Å². The molecule has 90 valence electrons. The number of nitrogens with two attached hydrogens (primary N) is 1. The minimum Gasteiger partial charge on any atom is -0.338 e. The van der Waals surface area contributed by atoms with Crippen LogP contribution < -0.4 is 5.73 Å². The van der Waals surface area contributed by atoms with Crippen LogP contribution in [0.5, 0.6) is 0 Å². The van der Waals surface area contributed by atoms with Gasteiger partial charge in [0.2, 0.25) is 0 Å². The second kappa shape index (κ2) is 4.97. The van der Waals surface area contributed by atoms with Crippen molar-refractivity contribution < 1.29 is 0 Å². The molecule has 2 atom stereocenters. The van der Waals surface area contributed by atoms with E-state index in [4.69, 9.17) is 5.73 Å². The maximum absolute atomic E-state index is 5.93. The van der Waals surface area contributed by atoms with Crippen LogP contribution in [-0.2, 0) is 13.5 Å². The predicted molar refractivity (Wildman–Crippen MR) is 65.1 cm³/mol. The van der Waals surface area contributed by atoms with E-state index >= 15 is 0 Å². The van der Waals surface area contributed by atoms with Gasteiger partial charge in [-0.3, -0.25) is 0 Å². The molecule has 16 heavy (non-hydrogen) atoms. The Morgan fingerprint density at radius 2 is 2.44 bits per heavy atom. The standard InChI is InChI=1S/C12H22N4/c1-10(13)11-3-6-16(9-11)7-4-12-14-5-8-15(12)2/h5,8,10-11H,3-4,6-7,9,13H2,1-2H3. The highest BCUT2D eigenvalue weighted by Crippen LogP contribution is 2.18. The van der Waals surface area contributed by atoms with E-state index in [0.29, 0.717) is 12.0 Å². The molecule has 1 aromatic rings. The summed E-state index contributed by atoms with van der Waals surface area (Å²) in [5, 5.41) is 0. The highest BCUT2D eigenvalue weighted by molar-refractivity contribution is 4.92. The van der Waals surface area contributed by atoms with E-state index in [0.717, 1.165) is 19.5 Å². The third-order valence-corrected chi connectivity index (χ3v) is 3.63. The van der Waals surface area contributed by atoms with Gasteiger partial charge in [-0.1, -0.05) is 0 Å². The molecule has 2 rings (SSSR count). The number of likely N-dealkylation sites (tertiary alicyclic amines) is 1. The summed E-state index contributed by atoms with van der Waals surface area (Å²) in [6.07, 6.45) is 6.15. The van der Waals surface area contributed by atoms with Gasteiger partial charge >= 0.3 is 0 Å². The van der Waals surface area contributed by atoms with Crippen LogP contribution >= 0.6 is 0 Å². The van der Waals surface area contributed by atoms with E-state index < -0.39 is 0 Å². The third-order valence-electron chi connectivity index (χ3n) is 3.63. The molecule has 0 aliphatic carbocycles. The summed E-state index contributed by atoms with van der Waals surface area (Å²) in [4.78, 5) is 6.85. The van der Waals surface area contributed by atoms with E-state index in [2.05, 4.69) is 28.4 Å². The van der Waals surface area contributed by atoms with E-state index in [-0.39, 0.29) is 0 Å². The summed E-state index contributed by atoms with van der Waals surface area (Å²) in [6, 6.07) is 0.332. The van der Waals surface area contributed by atoms with Gasteiger partial charge < -0.3 is 15.2 Å². The van der Waals surface area contributed by atoms with Crippen molar-refractivity contribution in [3.05, 3.63) is 18.2 Å². The Morgan fingerprint density at radius 1 is 1.62 bits per heavy atom. The van der Waals surface area contributed by atoms with Crippen molar-refractivity contribution in [1.82, 2.24) is 14.5 Å². The lowest BCUT2D eigenvalue weighted by Crippen LogP contribution is -2.30. The number of imidazole rings is 1. The van der Waals surface area contributed by atoms with Crippen molar-refractivity contribution in [2.24, 2.45) is 18.7 Å². The summed E-state index contributed by atoms with van der Waals surface area (Å²) >= 11 is 0. The maximum Gasteiger partial charge on any atom is 0.109 e. The van der Waals surface area contributed by atoms with Crippen molar-refractivity contribution in [3.8, 4) is 0 Å². The van der Waals surface area contributed by atoms with Crippen LogP contribution in [0, 0.1) is 5.92 Å². The minimum atomic E-state index is 0.332. The number of aromatic nitrogens is 2. The number of aryl methyl sites for hydroxylation is 1. The average Bonchev–Trinajstić information content (AvgIpc) is 2.83. The molecule has 0 saturated carbocycles. The molecule has 0 bridgehead atoms. The Bertz CT molecular complexity index is 332. The third kappa shape index (κ3) is 2.62. The zero-order valence-electron chi connectivity index (χ0n) is 10.3. The average molecular weight is 222 g/mol. The summed E-state index contributed by atoms with van der Waals surface area (Å²) in [6.45, 7) is 5.57. The molecule has 2 unspecified atom stereocenters. The zero-order chi connectivity index (χ0) is 11.5. The lowest BCUT2D eigenvalue weighted by molar-refractivity contribution is 0.316. The second-order valence-corrected chi connectivity index (χ2v) is 4.91. The van der Waals surface area contributed by atoms with E-state index in [1.165, 1.54) is 18.8 Å². The van der Waals surface area contributed by atoms with Gasteiger partial charge in [0, 0.05) is 45.0 Å². The van der Waals surface area contributed by atoms with Gasteiger partial charge in [-0.05, 0) is 25.8 Å². The topological polar surface area (TPSA) is 47.1 Å². The zero-order valence-corrected chi connectivity index (χ0v) is 10.3. The van der Waals surface area contributed by atoms with Gasteiger partial charge in [-0.2, -0.15) is 0 Å². The molecule has 0 aromatic carbocycles. The number of hydrogen-bond acceptors (Lipinski definition) is 3. The first kappa shape index (κ1) is 11.6. The lowest BCUT2D eigenvalue weighted by Gasteiger charge is -2.17. The second-order valence-electron chi connectivity index (χ2n) is 4.91. The molecular weight excluding hydrogens is 200 g/mol. The number of rotatable bonds is 4. The highest BCUT2D eigenvalue weighted by Gasteiger charge is 2.24. The molecule has 2 N–H and O–H groups in total. The van der Waals surface area contributed by atoms with Crippen molar-refractivity contribution in [1.29, 1.82) is 0 Å². The van der Waals surface area contributed by atoms with Gasteiger partial charge in [-0.25, -0.2) is 4.98 Å². The molecule has 1 fully saturated rings. The SMILES string of the molecule is CC(N)C1CCN(CCc2nccn2C)C1. The van der Waals surface area contributed by atoms with Crippen LogP contribution in [0.25, 0.3) is 0 Å². The maximum atomic E-state index is 5.93. The molecule has 1 aliphatic rings. The molecule has 0 amide bonds. The molecule has 2 heterocycles. The first-order chi connectivity index (χ1) is 7.66. The van der Waals surface area contributed by atoms with Crippen LogP contribution in [-0.4, -0.2) is 40.1 Å². The molecular formula is C12H22N4. The largest absolute Gasteiger partial charge is 0.338 e. The first-order valence-corrected chi connectivity index (χ1v) is 6.11. The van der Waals surface area contributed by atoms with Crippen LogP contribution in [0.15, 0.2) is 12.4 Å². The fourth-order valence-corrected chi connectivity index (χ4v) is 2.39. The van der Waals surface area contributed by atoms with Crippen molar-refractivity contribution >= 4 is 0 Å². The molecule has 0 spiro atoms. The number of nitrogens with zero attached hydrogens (tertiary/aromatic N) is 3. The molecule has 4 heteroatoms. The molecule has 1 saturated heterocycles. The van der Waals surface area contributed by atoms with Crippen molar-refractivity contribution in [3.63, 3.8) is 0 Å². The fraction of sp³-hybridized carbons (Fsp3) is 0.750. The Labute approximate surface area is 97.4 Å². The Hall–Kier alpha value is -0.870. The van der Waals surface area contributed by atoms with Gasteiger partial charge in [0.25, 0.3) is 0 Å². The van der Waals surface area contributed by atoms with Gasteiger partial charge in [0.15, 0.2) is 0 Å². The van der Waals surface area contributed by atoms with Crippen LogP contribution in [0.4, 0.5) is 0 Å². The smallest absolute Gasteiger partial charge is 0.109 e. The van der Waals surface area contributed by atoms with Gasteiger partial charge in [0.1, 0.15) is 5.82 Å². The van der Waals surface area contributed by atoms with Gasteiger partial charge in [-0.15, -0.1) is 0 Å². The normalized spacial score (nSPS) is 23.8. The summed E-state index contributed by atoms with van der Waals surface area (Å²) in [5.74, 6) is 1.85. The highest BCUT2D eigenvalue weighted by atomic mass is 15.2. The fourth-order valence-electron chi connectivity index (χ4n) is 2.39. The van der Waals surface area contributed by atoms with Crippen LogP contribution in [0.2, 0.25) is 0 Å². The monoisotopic (exact) mass is 222 g/mol. The van der Waals surface area contributed by atoms with Crippen molar-refractivity contribution in [2.75, 3.05) is 19.6 Å². The summed E-state index contributed by atoms with van der Waals surface area (Å²) < 4.78 is 2.10. The molecule has 0 radical (unpaired) electrons. The van der Waals surface area contributed by atoms with Gasteiger partial charge in [0.05, 0.1) is 0 Å². The first-order valence-electron chi connectivity index (χ1n) is 6.11. The minimum absolute atomic E-state index is 0.332. The van der Waals surface area contributed by atoms with E-state index in [9.17, 15) is 0 Å².